The van der Waals surface area contributed by atoms with Gasteiger partial charge in [0.25, 0.3) is 0 Å². The fourth-order valence-corrected chi connectivity index (χ4v) is 2.48. The van der Waals surface area contributed by atoms with Crippen LogP contribution < -0.4 is 0 Å². The molecule has 0 aliphatic heterocycles. The highest BCUT2D eigenvalue weighted by molar-refractivity contribution is 7.73. The third-order valence-corrected chi connectivity index (χ3v) is 3.50. The SMILES string of the molecule is Cc1n[nH]c(C)c1CCc1n[nH]c(=S)s1. The van der Waals surface area contributed by atoms with E-state index < -0.39 is 0 Å². The maximum atomic E-state index is 4.98. The van der Waals surface area contributed by atoms with Crippen molar-refractivity contribution in [1.29, 1.82) is 0 Å². The van der Waals surface area contributed by atoms with Crippen molar-refractivity contribution in [2.75, 3.05) is 0 Å². The Bertz CT molecular complexity index is 489. The van der Waals surface area contributed by atoms with Crippen LogP contribution in [-0.2, 0) is 12.8 Å². The molecule has 0 radical (unpaired) electrons. The molecule has 0 saturated carbocycles. The van der Waals surface area contributed by atoms with Gasteiger partial charge in [-0.25, -0.2) is 0 Å². The summed E-state index contributed by atoms with van der Waals surface area (Å²) in [6, 6.07) is 0. The Morgan fingerprint density at radius 3 is 2.53 bits per heavy atom. The highest BCUT2D eigenvalue weighted by Gasteiger charge is 2.07. The topological polar surface area (TPSA) is 57.4 Å². The van der Waals surface area contributed by atoms with E-state index in [0.29, 0.717) is 0 Å². The zero-order valence-corrected chi connectivity index (χ0v) is 10.3. The van der Waals surface area contributed by atoms with Gasteiger partial charge in [0.15, 0.2) is 3.95 Å². The van der Waals surface area contributed by atoms with Gasteiger partial charge in [-0.1, -0.05) is 11.3 Å². The summed E-state index contributed by atoms with van der Waals surface area (Å²) in [5.74, 6) is 0. The number of nitrogens with zero attached hydrogens (tertiary/aromatic N) is 2. The van der Waals surface area contributed by atoms with Crippen LogP contribution in [0.4, 0.5) is 0 Å². The smallest absolute Gasteiger partial charge is 0.176 e. The minimum Gasteiger partial charge on any atom is -0.282 e. The largest absolute Gasteiger partial charge is 0.282 e. The Morgan fingerprint density at radius 2 is 2.00 bits per heavy atom. The minimum absolute atomic E-state index is 0.741. The number of nitrogens with one attached hydrogen (secondary N) is 2. The molecule has 0 spiro atoms. The van der Waals surface area contributed by atoms with E-state index >= 15 is 0 Å². The summed E-state index contributed by atoms with van der Waals surface area (Å²) in [4.78, 5) is 0. The number of hydrogen-bond acceptors (Lipinski definition) is 4. The second-order valence-electron chi connectivity index (χ2n) is 3.42. The van der Waals surface area contributed by atoms with Crippen LogP contribution in [0.25, 0.3) is 0 Å². The van der Waals surface area contributed by atoms with Crippen LogP contribution in [-0.4, -0.2) is 20.4 Å². The third-order valence-electron chi connectivity index (χ3n) is 2.35. The molecule has 0 aliphatic carbocycles. The first-order valence-corrected chi connectivity index (χ1v) is 5.94. The Morgan fingerprint density at radius 1 is 1.20 bits per heavy atom. The minimum atomic E-state index is 0.741. The summed E-state index contributed by atoms with van der Waals surface area (Å²) in [7, 11) is 0. The van der Waals surface area contributed by atoms with Gasteiger partial charge < -0.3 is 0 Å². The summed E-state index contributed by atoms with van der Waals surface area (Å²) in [5, 5.41) is 15.1. The molecule has 4 nitrogen and oxygen atoms in total. The second kappa shape index (κ2) is 4.24. The van der Waals surface area contributed by atoms with Crippen molar-refractivity contribution in [2.45, 2.75) is 26.7 Å². The Labute approximate surface area is 96.8 Å². The summed E-state index contributed by atoms with van der Waals surface area (Å²) < 4.78 is 0.741. The maximum Gasteiger partial charge on any atom is 0.176 e. The fraction of sp³-hybridized carbons (Fsp3) is 0.444. The average molecular weight is 240 g/mol. The van der Waals surface area contributed by atoms with Gasteiger partial charge in [-0.3, -0.25) is 10.2 Å². The summed E-state index contributed by atoms with van der Waals surface area (Å²) in [6.45, 7) is 4.06. The van der Waals surface area contributed by atoms with Gasteiger partial charge in [-0.05, 0) is 38.0 Å². The van der Waals surface area contributed by atoms with Crippen molar-refractivity contribution in [1.82, 2.24) is 20.4 Å². The lowest BCUT2D eigenvalue weighted by Crippen LogP contribution is -1.93. The molecule has 15 heavy (non-hydrogen) atoms. The molecule has 2 rings (SSSR count). The molecule has 0 saturated heterocycles. The molecule has 2 aromatic rings. The van der Waals surface area contributed by atoms with Crippen molar-refractivity contribution in [3.63, 3.8) is 0 Å². The molecule has 80 valence electrons. The summed E-state index contributed by atoms with van der Waals surface area (Å²) in [6.07, 6.45) is 1.88. The lowest BCUT2D eigenvalue weighted by molar-refractivity contribution is 0.891. The molecule has 2 aromatic heterocycles. The normalized spacial score (nSPS) is 10.8. The van der Waals surface area contributed by atoms with Gasteiger partial charge in [0, 0.05) is 12.1 Å². The monoisotopic (exact) mass is 240 g/mol. The van der Waals surface area contributed by atoms with Crippen molar-refractivity contribution in [2.24, 2.45) is 0 Å². The zero-order valence-electron chi connectivity index (χ0n) is 8.63. The first-order valence-electron chi connectivity index (χ1n) is 4.71. The van der Waals surface area contributed by atoms with E-state index in [4.69, 9.17) is 12.2 Å². The van der Waals surface area contributed by atoms with E-state index in [9.17, 15) is 0 Å². The van der Waals surface area contributed by atoms with Crippen LogP contribution in [0.3, 0.4) is 0 Å². The standard InChI is InChI=1S/C9H12N4S2/c1-5-7(6(2)11-10-5)3-4-8-12-13-9(14)15-8/h3-4H2,1-2H3,(H,10,11)(H,13,14). The Hall–Kier alpha value is -1.01. The lowest BCUT2D eigenvalue weighted by atomic mass is 10.1. The third kappa shape index (κ3) is 2.32. The molecule has 6 heteroatoms. The summed E-state index contributed by atoms with van der Waals surface area (Å²) >= 11 is 6.52. The molecule has 0 atom stereocenters. The molecule has 2 heterocycles. The van der Waals surface area contributed by atoms with Crippen LogP contribution in [0.15, 0.2) is 0 Å². The van der Waals surface area contributed by atoms with Gasteiger partial charge >= 0.3 is 0 Å². The molecule has 2 N–H and O–H groups in total. The molecule has 0 fully saturated rings. The molecule has 0 amide bonds. The van der Waals surface area contributed by atoms with E-state index in [0.717, 1.165) is 33.2 Å². The number of aromatic amines is 2. The van der Waals surface area contributed by atoms with E-state index in [1.807, 2.05) is 13.8 Å². The van der Waals surface area contributed by atoms with Gasteiger partial charge in [0.1, 0.15) is 5.01 Å². The van der Waals surface area contributed by atoms with Crippen molar-refractivity contribution in [3.05, 3.63) is 25.9 Å². The van der Waals surface area contributed by atoms with Gasteiger partial charge in [-0.15, -0.1) is 0 Å². The van der Waals surface area contributed by atoms with E-state index in [2.05, 4.69) is 20.4 Å². The van der Waals surface area contributed by atoms with Crippen molar-refractivity contribution >= 4 is 23.6 Å². The first-order chi connectivity index (χ1) is 7.16. The molecule has 0 aliphatic rings. The quantitative estimate of drug-likeness (QED) is 0.810. The number of H-pyrrole nitrogens is 2. The van der Waals surface area contributed by atoms with Crippen LogP contribution in [0.1, 0.15) is 22.0 Å². The van der Waals surface area contributed by atoms with E-state index in [-0.39, 0.29) is 0 Å². The van der Waals surface area contributed by atoms with Crippen molar-refractivity contribution in [3.8, 4) is 0 Å². The molecular weight excluding hydrogens is 228 g/mol. The highest BCUT2D eigenvalue weighted by atomic mass is 32.1. The number of hydrogen-bond donors (Lipinski definition) is 2. The molecule has 0 aromatic carbocycles. The molecule has 0 unspecified atom stereocenters. The number of aryl methyl sites for hydroxylation is 3. The van der Waals surface area contributed by atoms with Crippen LogP contribution in [0, 0.1) is 17.8 Å². The Kier molecular flexibility index (Phi) is 2.97. The number of rotatable bonds is 3. The second-order valence-corrected chi connectivity index (χ2v) is 5.17. The van der Waals surface area contributed by atoms with Crippen molar-refractivity contribution < 1.29 is 0 Å². The predicted octanol–water partition coefficient (Wildman–Crippen LogP) is 2.33. The lowest BCUT2D eigenvalue weighted by Gasteiger charge is -1.97. The van der Waals surface area contributed by atoms with Gasteiger partial charge in [0.05, 0.1) is 5.69 Å². The average Bonchev–Trinajstić information content (AvgIpc) is 2.73. The first kappa shape index (κ1) is 10.5. The van der Waals surface area contributed by atoms with Gasteiger partial charge in [0.2, 0.25) is 0 Å². The van der Waals surface area contributed by atoms with Crippen LogP contribution in [0.5, 0.6) is 0 Å². The fourth-order valence-electron chi connectivity index (χ4n) is 1.54. The predicted molar refractivity (Wildman–Crippen MR) is 62.8 cm³/mol. The number of aromatic nitrogens is 4. The van der Waals surface area contributed by atoms with E-state index in [1.54, 1.807) is 0 Å². The molecular formula is C9H12N4S2. The summed E-state index contributed by atoms with van der Waals surface area (Å²) in [5.41, 5.74) is 3.51. The Balaban J connectivity index is 2.08. The molecule has 0 bridgehead atoms. The van der Waals surface area contributed by atoms with Crippen LogP contribution >= 0.6 is 23.6 Å². The maximum absolute atomic E-state index is 4.98. The van der Waals surface area contributed by atoms with Crippen LogP contribution in [0.2, 0.25) is 0 Å². The van der Waals surface area contributed by atoms with Gasteiger partial charge in [-0.2, -0.15) is 10.2 Å². The van der Waals surface area contributed by atoms with E-state index in [1.165, 1.54) is 16.9 Å². The zero-order chi connectivity index (χ0) is 10.8. The highest BCUT2D eigenvalue weighted by Crippen LogP contribution is 2.14.